The molecule has 4 amide bonds. The Kier molecular flexibility index (Phi) is 5.02. The van der Waals surface area contributed by atoms with E-state index in [2.05, 4.69) is 15.8 Å². The van der Waals surface area contributed by atoms with Crippen LogP contribution in [0.25, 0.3) is 16.3 Å². The van der Waals surface area contributed by atoms with Gasteiger partial charge >= 0.3 is 6.03 Å². The van der Waals surface area contributed by atoms with Crippen LogP contribution in [0.15, 0.2) is 84.4 Å². The molecule has 8 nitrogen and oxygen atoms in total. The maximum Gasteiger partial charge on any atom is 0.344 e. The molecule has 1 saturated heterocycles. The molecule has 0 radical (unpaired) electrons. The molecule has 4 aromatic rings. The molecule has 0 aliphatic carbocycles. The summed E-state index contributed by atoms with van der Waals surface area (Å²) in [7, 11) is 0. The summed E-state index contributed by atoms with van der Waals surface area (Å²) in [5, 5.41) is 9.90. The lowest BCUT2D eigenvalue weighted by Crippen LogP contribution is -2.48. The van der Waals surface area contributed by atoms with Crippen LogP contribution in [0.5, 0.6) is 0 Å². The third kappa shape index (κ3) is 3.58. The maximum atomic E-state index is 13.3. The van der Waals surface area contributed by atoms with Gasteiger partial charge in [-0.1, -0.05) is 54.6 Å². The van der Waals surface area contributed by atoms with Crippen molar-refractivity contribution in [3.8, 4) is 16.3 Å². The Balaban J connectivity index is 1.47. The molecular formula is C24H19N5O3S. The fraction of sp³-hybridized carbons (Fsp3) is 0.0833. The number of aromatic nitrogens is 2. The molecule has 9 heteroatoms. The highest BCUT2D eigenvalue weighted by Gasteiger charge is 2.50. The van der Waals surface area contributed by atoms with E-state index >= 15 is 0 Å². The lowest BCUT2D eigenvalue weighted by molar-refractivity contribution is -0.132. The minimum atomic E-state index is -1.28. The van der Waals surface area contributed by atoms with Crippen molar-refractivity contribution in [2.24, 2.45) is 0 Å². The van der Waals surface area contributed by atoms with E-state index in [1.807, 2.05) is 53.9 Å². The van der Waals surface area contributed by atoms with Gasteiger partial charge in [-0.05, 0) is 36.1 Å². The van der Waals surface area contributed by atoms with Crippen molar-refractivity contribution in [2.75, 3.05) is 0 Å². The first kappa shape index (κ1) is 20.7. The van der Waals surface area contributed by atoms with Crippen LogP contribution < -0.4 is 10.7 Å². The molecule has 2 aromatic carbocycles. The fourth-order valence-corrected chi connectivity index (χ4v) is 4.44. The Bertz CT molecular complexity index is 1340. The summed E-state index contributed by atoms with van der Waals surface area (Å²) >= 11 is 1.44. The number of carbonyl (C=O) groups is 3. The maximum absolute atomic E-state index is 13.3. The summed E-state index contributed by atoms with van der Waals surface area (Å²) in [6.07, 6.45) is 1.59. The number of urea groups is 1. The molecule has 33 heavy (non-hydrogen) atoms. The number of rotatable bonds is 5. The highest BCUT2D eigenvalue weighted by Crippen LogP contribution is 2.30. The number of benzene rings is 2. The summed E-state index contributed by atoms with van der Waals surface area (Å²) in [6.45, 7) is 1.61. The molecular weight excluding hydrogens is 438 g/mol. The average Bonchev–Trinajstić information content (AvgIpc) is 3.56. The standard InChI is InChI=1S/C24H19N5O3S/c1-24(16-9-4-2-5-10-16)22(31)29(23(32)25-24)27-21(30)18-15-28(17-11-6-3-7-12-17)26-20(18)19-13-8-14-33-19/h2-15H,1H3,(H,25,32)(H,27,30)/t24-/m1/s1. The fourth-order valence-electron chi connectivity index (χ4n) is 3.72. The Hall–Kier alpha value is -4.24. The van der Waals surface area contributed by atoms with Crippen LogP contribution in [0.1, 0.15) is 22.8 Å². The molecule has 1 aliphatic rings. The number of hydrazine groups is 1. The van der Waals surface area contributed by atoms with Crippen molar-refractivity contribution in [3.63, 3.8) is 0 Å². The lowest BCUT2D eigenvalue weighted by atomic mass is 9.92. The van der Waals surface area contributed by atoms with Crippen molar-refractivity contribution >= 4 is 29.2 Å². The van der Waals surface area contributed by atoms with Gasteiger partial charge in [0.25, 0.3) is 11.8 Å². The molecule has 1 fully saturated rings. The molecule has 0 bridgehead atoms. The van der Waals surface area contributed by atoms with Crippen LogP contribution in [-0.4, -0.2) is 32.6 Å². The van der Waals surface area contributed by atoms with Crippen LogP contribution in [0.2, 0.25) is 0 Å². The summed E-state index contributed by atoms with van der Waals surface area (Å²) in [4.78, 5) is 39.9. The smallest absolute Gasteiger partial charge is 0.318 e. The van der Waals surface area contributed by atoms with Gasteiger partial charge in [-0.2, -0.15) is 10.1 Å². The van der Waals surface area contributed by atoms with E-state index in [1.54, 1.807) is 42.1 Å². The Morgan fingerprint density at radius 1 is 1.00 bits per heavy atom. The summed E-state index contributed by atoms with van der Waals surface area (Å²) in [6, 6.07) is 21.3. The number of para-hydroxylation sites is 1. The Morgan fingerprint density at radius 2 is 1.70 bits per heavy atom. The number of hydrogen-bond acceptors (Lipinski definition) is 5. The number of hydrogen-bond donors (Lipinski definition) is 2. The number of nitrogens with zero attached hydrogens (tertiary/aromatic N) is 3. The SMILES string of the molecule is C[C@]1(c2ccccc2)NC(=O)N(NC(=O)c2cn(-c3ccccc3)nc2-c2cccs2)C1=O. The van der Waals surface area contributed by atoms with Gasteiger partial charge in [0.2, 0.25) is 0 Å². The van der Waals surface area contributed by atoms with Crippen LogP contribution in [-0.2, 0) is 10.3 Å². The van der Waals surface area contributed by atoms with E-state index in [-0.39, 0.29) is 5.56 Å². The van der Waals surface area contributed by atoms with Crippen LogP contribution in [0, 0.1) is 0 Å². The van der Waals surface area contributed by atoms with Crippen molar-refractivity contribution in [3.05, 3.63) is 95.5 Å². The predicted octanol–water partition coefficient (Wildman–Crippen LogP) is 3.71. The molecule has 0 spiro atoms. The van der Waals surface area contributed by atoms with Gasteiger partial charge < -0.3 is 5.32 Å². The van der Waals surface area contributed by atoms with E-state index in [0.29, 0.717) is 11.3 Å². The highest BCUT2D eigenvalue weighted by atomic mass is 32.1. The number of thiophene rings is 1. The van der Waals surface area contributed by atoms with Gasteiger partial charge in [0.05, 0.1) is 16.1 Å². The largest absolute Gasteiger partial charge is 0.344 e. The van der Waals surface area contributed by atoms with E-state index in [9.17, 15) is 14.4 Å². The lowest BCUT2D eigenvalue weighted by Gasteiger charge is -2.22. The Labute approximate surface area is 193 Å². The topological polar surface area (TPSA) is 96.3 Å². The molecule has 1 aliphatic heterocycles. The average molecular weight is 458 g/mol. The van der Waals surface area contributed by atoms with Gasteiger partial charge in [-0.15, -0.1) is 11.3 Å². The first-order valence-electron chi connectivity index (χ1n) is 10.2. The first-order chi connectivity index (χ1) is 16.0. The second kappa shape index (κ2) is 8.03. The monoisotopic (exact) mass is 457 g/mol. The van der Waals surface area contributed by atoms with Crippen LogP contribution in [0.3, 0.4) is 0 Å². The molecule has 5 rings (SSSR count). The minimum absolute atomic E-state index is 0.246. The first-order valence-corrected chi connectivity index (χ1v) is 11.1. The quantitative estimate of drug-likeness (QED) is 0.447. The van der Waals surface area contributed by atoms with E-state index in [4.69, 9.17) is 0 Å². The highest BCUT2D eigenvalue weighted by molar-refractivity contribution is 7.13. The van der Waals surface area contributed by atoms with Gasteiger partial charge in [0.1, 0.15) is 11.2 Å². The zero-order valence-corrected chi connectivity index (χ0v) is 18.4. The zero-order valence-electron chi connectivity index (χ0n) is 17.6. The molecule has 2 N–H and O–H groups in total. The van der Waals surface area contributed by atoms with E-state index in [1.165, 1.54) is 11.3 Å². The van der Waals surface area contributed by atoms with Crippen molar-refractivity contribution in [2.45, 2.75) is 12.5 Å². The molecule has 164 valence electrons. The normalized spacial score (nSPS) is 17.8. The van der Waals surface area contributed by atoms with Gasteiger partial charge in [-0.3, -0.25) is 15.0 Å². The van der Waals surface area contributed by atoms with E-state index in [0.717, 1.165) is 15.6 Å². The zero-order chi connectivity index (χ0) is 23.0. The van der Waals surface area contributed by atoms with Gasteiger partial charge in [0, 0.05) is 6.20 Å². The van der Waals surface area contributed by atoms with Gasteiger partial charge in [0.15, 0.2) is 0 Å². The number of nitrogens with one attached hydrogen (secondary N) is 2. The summed E-state index contributed by atoms with van der Waals surface area (Å²) in [5.74, 6) is -1.18. The van der Waals surface area contributed by atoms with Crippen molar-refractivity contribution in [1.82, 2.24) is 25.5 Å². The Morgan fingerprint density at radius 3 is 2.36 bits per heavy atom. The number of amides is 4. The number of carbonyl (C=O) groups excluding carboxylic acids is 3. The third-order valence-corrected chi connectivity index (χ3v) is 6.37. The number of imide groups is 1. The molecule has 3 heterocycles. The predicted molar refractivity (Wildman–Crippen MR) is 124 cm³/mol. The molecule has 1 atom stereocenters. The molecule has 0 saturated carbocycles. The second-order valence-corrected chi connectivity index (χ2v) is 8.60. The van der Waals surface area contributed by atoms with E-state index < -0.39 is 23.4 Å². The van der Waals surface area contributed by atoms with Crippen LogP contribution >= 0.6 is 11.3 Å². The van der Waals surface area contributed by atoms with Gasteiger partial charge in [-0.25, -0.2) is 9.48 Å². The molecule has 2 aromatic heterocycles. The van der Waals surface area contributed by atoms with Crippen molar-refractivity contribution < 1.29 is 14.4 Å². The minimum Gasteiger partial charge on any atom is -0.318 e. The second-order valence-electron chi connectivity index (χ2n) is 7.65. The summed E-state index contributed by atoms with van der Waals surface area (Å²) < 4.78 is 1.60. The van der Waals surface area contributed by atoms with Crippen LogP contribution in [0.4, 0.5) is 4.79 Å². The summed E-state index contributed by atoms with van der Waals surface area (Å²) in [5.41, 5.74) is 3.30. The third-order valence-electron chi connectivity index (χ3n) is 5.49. The van der Waals surface area contributed by atoms with Crippen molar-refractivity contribution in [1.29, 1.82) is 0 Å². The molecule has 0 unspecified atom stereocenters.